The maximum Gasteiger partial charge on any atom is 0.335 e. The molecule has 1 amide bonds. The van der Waals surface area contributed by atoms with E-state index in [0.717, 1.165) is 60.4 Å². The van der Waals surface area contributed by atoms with Gasteiger partial charge in [-0.1, -0.05) is 12.1 Å². The number of nitrogens with one attached hydrogen (secondary N) is 2. The molecule has 0 aliphatic carbocycles. The fraction of sp³-hybridized carbons (Fsp3) is 0.267. The third-order valence-corrected chi connectivity index (χ3v) is 6.85. The summed E-state index contributed by atoms with van der Waals surface area (Å²) in [6.07, 6.45) is 1.71. The van der Waals surface area contributed by atoms with Crippen molar-refractivity contribution in [1.29, 1.82) is 0 Å². The van der Waals surface area contributed by atoms with Crippen molar-refractivity contribution in [2.24, 2.45) is 0 Å². The Morgan fingerprint density at radius 1 is 1.05 bits per heavy atom. The Balaban J connectivity index is 1.31. The van der Waals surface area contributed by atoms with Gasteiger partial charge in [0, 0.05) is 55.1 Å². The fourth-order valence-corrected chi connectivity index (χ4v) is 4.63. The molecule has 1 fully saturated rings. The average Bonchev–Trinajstić information content (AvgIpc) is 2.97. The topological polar surface area (TPSA) is 126 Å². The molecule has 0 unspecified atom stereocenters. The van der Waals surface area contributed by atoms with Gasteiger partial charge >= 0.3 is 5.97 Å². The zero-order valence-electron chi connectivity index (χ0n) is 22.4. The predicted octanol–water partition coefficient (Wildman–Crippen LogP) is 4.12. The number of morpholine rings is 1. The largest absolute Gasteiger partial charge is 0.497 e. The van der Waals surface area contributed by atoms with Crippen LogP contribution in [0, 0.1) is 6.92 Å². The first-order valence-electron chi connectivity index (χ1n) is 13.0. The molecular formula is C30H31N5O5. The van der Waals surface area contributed by atoms with E-state index in [9.17, 15) is 14.7 Å². The highest BCUT2D eigenvalue weighted by atomic mass is 16.5. The molecule has 0 spiro atoms. The van der Waals surface area contributed by atoms with Crippen molar-refractivity contribution in [3.63, 3.8) is 0 Å². The van der Waals surface area contributed by atoms with Crippen LogP contribution in [-0.4, -0.2) is 78.4 Å². The van der Waals surface area contributed by atoms with Gasteiger partial charge in [-0.25, -0.2) is 14.8 Å². The Kier molecular flexibility index (Phi) is 8.18. The summed E-state index contributed by atoms with van der Waals surface area (Å²) in [5.41, 5.74) is 4.74. The first-order valence-corrected chi connectivity index (χ1v) is 13.0. The number of benzene rings is 3. The van der Waals surface area contributed by atoms with Crippen LogP contribution < -0.4 is 15.4 Å². The summed E-state index contributed by atoms with van der Waals surface area (Å²) >= 11 is 0. The first-order chi connectivity index (χ1) is 19.4. The number of methoxy groups -OCH3 is 1. The molecule has 0 radical (unpaired) electrons. The SMILES string of the molecule is COc1cc(Nc2ncc3cc(-c4cc(C(=O)O)ccc4C)ccc3n2)cc(C(=O)NCCN2CCOCC2)c1. The number of amides is 1. The Morgan fingerprint density at radius 2 is 1.88 bits per heavy atom. The van der Waals surface area contributed by atoms with Gasteiger partial charge in [0.2, 0.25) is 5.95 Å². The number of carbonyl (C=O) groups excluding carboxylic acids is 1. The highest BCUT2D eigenvalue weighted by molar-refractivity contribution is 5.96. The smallest absolute Gasteiger partial charge is 0.335 e. The minimum Gasteiger partial charge on any atom is -0.497 e. The third kappa shape index (κ3) is 6.36. The third-order valence-electron chi connectivity index (χ3n) is 6.85. The highest BCUT2D eigenvalue weighted by Crippen LogP contribution is 2.29. The van der Waals surface area contributed by atoms with Crippen molar-refractivity contribution in [3.05, 3.63) is 77.5 Å². The number of aromatic nitrogens is 2. The van der Waals surface area contributed by atoms with Crippen LogP contribution >= 0.6 is 0 Å². The maximum absolute atomic E-state index is 12.9. The molecule has 1 saturated heterocycles. The van der Waals surface area contributed by atoms with Crippen molar-refractivity contribution in [3.8, 4) is 16.9 Å². The second-order valence-electron chi connectivity index (χ2n) is 9.59. The molecule has 3 aromatic carbocycles. The Bertz CT molecular complexity index is 1550. The van der Waals surface area contributed by atoms with Gasteiger partial charge < -0.3 is 25.2 Å². The van der Waals surface area contributed by atoms with E-state index in [1.165, 1.54) is 0 Å². The van der Waals surface area contributed by atoms with Gasteiger partial charge in [0.15, 0.2) is 0 Å². The Morgan fingerprint density at radius 3 is 2.65 bits per heavy atom. The number of rotatable bonds is 9. The van der Waals surface area contributed by atoms with E-state index < -0.39 is 5.97 Å². The van der Waals surface area contributed by atoms with Gasteiger partial charge in [0.25, 0.3) is 5.91 Å². The minimum absolute atomic E-state index is 0.190. The number of hydrogen-bond donors (Lipinski definition) is 3. The molecule has 0 bridgehead atoms. The molecule has 10 nitrogen and oxygen atoms in total. The van der Waals surface area contributed by atoms with E-state index in [1.54, 1.807) is 49.7 Å². The second-order valence-corrected chi connectivity index (χ2v) is 9.59. The molecule has 0 saturated carbocycles. The molecule has 5 rings (SSSR count). The molecule has 10 heteroatoms. The quantitative estimate of drug-likeness (QED) is 0.287. The fourth-order valence-electron chi connectivity index (χ4n) is 4.63. The zero-order valence-corrected chi connectivity index (χ0v) is 22.4. The van der Waals surface area contributed by atoms with Crippen LogP contribution in [0.4, 0.5) is 11.6 Å². The van der Waals surface area contributed by atoms with Crippen LogP contribution in [0.15, 0.2) is 60.8 Å². The molecule has 1 aliphatic heterocycles. The van der Waals surface area contributed by atoms with Crippen molar-refractivity contribution < 1.29 is 24.2 Å². The second kappa shape index (κ2) is 12.1. The Labute approximate surface area is 232 Å². The van der Waals surface area contributed by atoms with Crippen LogP contribution in [0.5, 0.6) is 5.75 Å². The summed E-state index contributed by atoms with van der Waals surface area (Å²) in [6.45, 7) is 6.42. The Hall–Kier alpha value is -4.54. The molecule has 4 aromatic rings. The summed E-state index contributed by atoms with van der Waals surface area (Å²) < 4.78 is 10.8. The summed E-state index contributed by atoms with van der Waals surface area (Å²) in [5.74, 6) is -0.249. The summed E-state index contributed by atoms with van der Waals surface area (Å²) in [6, 6.07) is 16.0. The lowest BCUT2D eigenvalue weighted by Crippen LogP contribution is -2.41. The van der Waals surface area contributed by atoms with E-state index in [2.05, 4.69) is 25.5 Å². The summed E-state index contributed by atoms with van der Waals surface area (Å²) in [7, 11) is 1.55. The van der Waals surface area contributed by atoms with Crippen molar-refractivity contribution in [2.75, 3.05) is 51.8 Å². The van der Waals surface area contributed by atoms with Gasteiger partial charge in [-0.3, -0.25) is 9.69 Å². The summed E-state index contributed by atoms with van der Waals surface area (Å²) in [4.78, 5) is 35.7. The van der Waals surface area contributed by atoms with E-state index in [0.29, 0.717) is 29.5 Å². The number of hydrogen-bond acceptors (Lipinski definition) is 8. The zero-order chi connectivity index (χ0) is 28.1. The van der Waals surface area contributed by atoms with Crippen LogP contribution in [0.25, 0.3) is 22.0 Å². The van der Waals surface area contributed by atoms with Crippen molar-refractivity contribution in [1.82, 2.24) is 20.2 Å². The van der Waals surface area contributed by atoms with Crippen LogP contribution in [0.2, 0.25) is 0 Å². The van der Waals surface area contributed by atoms with Gasteiger partial charge in [0.1, 0.15) is 5.75 Å². The number of aromatic carboxylic acids is 1. The molecule has 1 aromatic heterocycles. The van der Waals surface area contributed by atoms with Crippen LogP contribution in [0.1, 0.15) is 26.3 Å². The van der Waals surface area contributed by atoms with Crippen molar-refractivity contribution >= 4 is 34.4 Å². The number of aryl methyl sites for hydroxylation is 1. The standard InChI is InChI=1S/C30H31N5O5/c1-19-3-4-21(29(37)38)16-26(19)20-5-6-27-23(13-20)18-32-30(34-27)33-24-14-22(15-25(17-24)39-2)28(36)31-7-8-35-9-11-40-12-10-35/h3-6,13-18H,7-12H2,1-2H3,(H,31,36)(H,37,38)(H,32,33,34). The van der Waals surface area contributed by atoms with Crippen LogP contribution in [0.3, 0.4) is 0 Å². The van der Waals surface area contributed by atoms with Gasteiger partial charge in [-0.15, -0.1) is 0 Å². The number of fused-ring (bicyclic) bond motifs is 1. The first kappa shape index (κ1) is 27.0. The monoisotopic (exact) mass is 541 g/mol. The van der Waals surface area contributed by atoms with Crippen molar-refractivity contribution in [2.45, 2.75) is 6.92 Å². The number of anilines is 2. The molecule has 1 aliphatic rings. The number of nitrogens with zero attached hydrogens (tertiary/aromatic N) is 3. The van der Waals surface area contributed by atoms with Gasteiger partial charge in [0.05, 0.1) is 31.4 Å². The minimum atomic E-state index is -0.966. The van der Waals surface area contributed by atoms with Gasteiger partial charge in [-0.2, -0.15) is 0 Å². The molecule has 0 atom stereocenters. The summed E-state index contributed by atoms with van der Waals surface area (Å²) in [5, 5.41) is 16.3. The number of carboxylic acids is 1. The number of carboxylic acid groups (broad SMARTS) is 1. The molecule has 40 heavy (non-hydrogen) atoms. The van der Waals surface area contributed by atoms with E-state index in [4.69, 9.17) is 9.47 Å². The molecule has 3 N–H and O–H groups in total. The van der Waals surface area contributed by atoms with E-state index in [1.807, 2.05) is 25.1 Å². The molecule has 2 heterocycles. The molecular weight excluding hydrogens is 510 g/mol. The van der Waals surface area contributed by atoms with Gasteiger partial charge in [-0.05, 0) is 60.0 Å². The maximum atomic E-state index is 12.9. The lowest BCUT2D eigenvalue weighted by Gasteiger charge is -2.26. The number of carbonyl (C=O) groups is 2. The lowest BCUT2D eigenvalue weighted by molar-refractivity contribution is 0.0383. The van der Waals surface area contributed by atoms with Crippen LogP contribution in [-0.2, 0) is 4.74 Å². The predicted molar refractivity (Wildman–Crippen MR) is 153 cm³/mol. The highest BCUT2D eigenvalue weighted by Gasteiger charge is 2.14. The molecule has 206 valence electrons. The normalized spacial score (nSPS) is 13.7. The lowest BCUT2D eigenvalue weighted by atomic mass is 9.97. The average molecular weight is 542 g/mol. The van der Waals surface area contributed by atoms with E-state index in [-0.39, 0.29) is 11.5 Å². The number of ether oxygens (including phenoxy) is 2. The van der Waals surface area contributed by atoms with E-state index >= 15 is 0 Å².